The van der Waals surface area contributed by atoms with Crippen molar-refractivity contribution in [1.82, 2.24) is 4.98 Å². The second-order valence-electron chi connectivity index (χ2n) is 4.16. The number of nitrogens with zero attached hydrogens (tertiary/aromatic N) is 1. The minimum Gasteiger partial charge on any atom is -0.424 e. The fraction of sp³-hybridized carbons (Fsp3) is 0.417. The van der Waals surface area contributed by atoms with E-state index in [1.165, 1.54) is 0 Å². The lowest BCUT2D eigenvalue weighted by Crippen LogP contribution is -2.29. The third kappa shape index (κ3) is 2.17. The molecule has 0 saturated heterocycles. The Kier molecular flexibility index (Phi) is 3.10. The van der Waals surface area contributed by atoms with Crippen LogP contribution in [0.1, 0.15) is 13.8 Å². The largest absolute Gasteiger partial charge is 0.424 e. The number of oxazole rings is 1. The number of anilines is 1. The van der Waals surface area contributed by atoms with Gasteiger partial charge < -0.3 is 14.8 Å². The van der Waals surface area contributed by atoms with Gasteiger partial charge in [0, 0.05) is 0 Å². The molecule has 16 heavy (non-hydrogen) atoms. The Morgan fingerprint density at radius 3 is 2.75 bits per heavy atom. The van der Waals surface area contributed by atoms with Gasteiger partial charge in [0.15, 0.2) is 5.58 Å². The van der Waals surface area contributed by atoms with Gasteiger partial charge in [0.1, 0.15) is 5.52 Å². The van der Waals surface area contributed by atoms with Crippen molar-refractivity contribution in [1.29, 1.82) is 0 Å². The Bertz CT molecular complexity index is 432. The highest BCUT2D eigenvalue weighted by Crippen LogP contribution is 2.19. The van der Waals surface area contributed by atoms with E-state index >= 15 is 0 Å². The van der Waals surface area contributed by atoms with E-state index in [1.807, 2.05) is 38.1 Å². The molecule has 86 valence electrons. The molecule has 1 unspecified atom stereocenters. The summed E-state index contributed by atoms with van der Waals surface area (Å²) in [6, 6.07) is 8.02. The summed E-state index contributed by atoms with van der Waals surface area (Å²) in [7, 11) is 0. The van der Waals surface area contributed by atoms with Gasteiger partial charge in [-0.3, -0.25) is 0 Å². The maximum absolute atomic E-state index is 9.20. The van der Waals surface area contributed by atoms with E-state index in [0.717, 1.165) is 11.1 Å². The van der Waals surface area contributed by atoms with Crippen molar-refractivity contribution in [3.63, 3.8) is 0 Å². The summed E-state index contributed by atoms with van der Waals surface area (Å²) in [6.45, 7) is 4.14. The summed E-state index contributed by atoms with van der Waals surface area (Å²) in [5.74, 6) is 0.319. The van der Waals surface area contributed by atoms with E-state index in [9.17, 15) is 5.11 Å². The lowest BCUT2D eigenvalue weighted by Gasteiger charge is -2.18. The van der Waals surface area contributed by atoms with E-state index in [0.29, 0.717) is 11.9 Å². The molecule has 0 saturated carbocycles. The molecule has 4 nitrogen and oxygen atoms in total. The number of aliphatic hydroxyl groups is 1. The van der Waals surface area contributed by atoms with Crippen molar-refractivity contribution in [2.75, 3.05) is 11.9 Å². The van der Waals surface area contributed by atoms with Crippen LogP contribution in [-0.4, -0.2) is 22.7 Å². The molecule has 1 aromatic carbocycles. The molecular weight excluding hydrogens is 204 g/mol. The third-order valence-corrected chi connectivity index (χ3v) is 2.60. The quantitative estimate of drug-likeness (QED) is 0.829. The van der Waals surface area contributed by atoms with Crippen LogP contribution in [-0.2, 0) is 0 Å². The molecule has 1 atom stereocenters. The van der Waals surface area contributed by atoms with Crippen molar-refractivity contribution in [2.45, 2.75) is 19.9 Å². The number of hydrogen-bond acceptors (Lipinski definition) is 4. The van der Waals surface area contributed by atoms with Crippen molar-refractivity contribution in [3.8, 4) is 0 Å². The Morgan fingerprint density at radius 2 is 2.12 bits per heavy atom. The minimum absolute atomic E-state index is 0.0342. The summed E-state index contributed by atoms with van der Waals surface area (Å²) in [5, 5.41) is 12.3. The summed E-state index contributed by atoms with van der Waals surface area (Å²) < 4.78 is 5.52. The van der Waals surface area contributed by atoms with Crippen LogP contribution in [0.3, 0.4) is 0 Å². The number of rotatable bonds is 4. The Labute approximate surface area is 94.3 Å². The number of aliphatic hydroxyl groups excluding tert-OH is 1. The number of fused-ring (bicyclic) bond motifs is 1. The van der Waals surface area contributed by atoms with E-state index < -0.39 is 0 Å². The smallest absolute Gasteiger partial charge is 0.295 e. The SMILES string of the molecule is CC(C)C(CO)Nc1nc2ccccc2o1. The zero-order valence-corrected chi connectivity index (χ0v) is 9.47. The molecule has 0 bridgehead atoms. The zero-order valence-electron chi connectivity index (χ0n) is 9.47. The molecule has 0 fully saturated rings. The van der Waals surface area contributed by atoms with Crippen LogP contribution in [0.4, 0.5) is 6.01 Å². The molecule has 0 aliphatic rings. The molecule has 0 spiro atoms. The Morgan fingerprint density at radius 1 is 1.38 bits per heavy atom. The minimum atomic E-state index is -0.0342. The van der Waals surface area contributed by atoms with Gasteiger partial charge in [-0.15, -0.1) is 0 Å². The monoisotopic (exact) mass is 220 g/mol. The normalized spacial score (nSPS) is 13.2. The number of para-hydroxylation sites is 2. The molecule has 1 aromatic heterocycles. The molecule has 1 heterocycles. The summed E-state index contributed by atoms with van der Waals surface area (Å²) in [4.78, 5) is 4.29. The molecule has 0 amide bonds. The number of hydrogen-bond donors (Lipinski definition) is 2. The van der Waals surface area contributed by atoms with Gasteiger partial charge in [-0.2, -0.15) is 4.98 Å². The molecule has 2 rings (SSSR count). The van der Waals surface area contributed by atoms with Crippen LogP contribution in [0.15, 0.2) is 28.7 Å². The first kappa shape index (κ1) is 11.0. The van der Waals surface area contributed by atoms with Gasteiger partial charge in [0.25, 0.3) is 6.01 Å². The lowest BCUT2D eigenvalue weighted by molar-refractivity contribution is 0.247. The first-order chi connectivity index (χ1) is 7.70. The van der Waals surface area contributed by atoms with E-state index in [-0.39, 0.29) is 12.6 Å². The maximum atomic E-state index is 9.20. The lowest BCUT2D eigenvalue weighted by atomic mass is 10.1. The first-order valence-corrected chi connectivity index (χ1v) is 5.43. The molecule has 4 heteroatoms. The number of nitrogens with one attached hydrogen (secondary N) is 1. The van der Waals surface area contributed by atoms with Crippen molar-refractivity contribution < 1.29 is 9.52 Å². The zero-order chi connectivity index (χ0) is 11.5. The van der Waals surface area contributed by atoms with Gasteiger partial charge in [-0.05, 0) is 18.1 Å². The average Bonchev–Trinajstić information content (AvgIpc) is 2.67. The summed E-state index contributed by atoms with van der Waals surface area (Å²) in [5.41, 5.74) is 1.58. The average molecular weight is 220 g/mol. The highest BCUT2D eigenvalue weighted by atomic mass is 16.4. The van der Waals surface area contributed by atoms with E-state index in [1.54, 1.807) is 0 Å². The predicted octanol–water partition coefficient (Wildman–Crippen LogP) is 2.26. The van der Waals surface area contributed by atoms with Gasteiger partial charge in [0.2, 0.25) is 0 Å². The van der Waals surface area contributed by atoms with Crippen molar-refractivity contribution in [3.05, 3.63) is 24.3 Å². The van der Waals surface area contributed by atoms with Gasteiger partial charge in [-0.25, -0.2) is 0 Å². The van der Waals surface area contributed by atoms with Crippen LogP contribution in [0.25, 0.3) is 11.1 Å². The second-order valence-corrected chi connectivity index (χ2v) is 4.16. The second kappa shape index (κ2) is 4.53. The van der Waals surface area contributed by atoms with Gasteiger partial charge in [-0.1, -0.05) is 26.0 Å². The fourth-order valence-corrected chi connectivity index (χ4v) is 1.52. The molecular formula is C12H16N2O2. The summed E-state index contributed by atoms with van der Waals surface area (Å²) >= 11 is 0. The van der Waals surface area contributed by atoms with Crippen LogP contribution >= 0.6 is 0 Å². The summed E-state index contributed by atoms with van der Waals surface area (Å²) in [6.07, 6.45) is 0. The van der Waals surface area contributed by atoms with Crippen LogP contribution in [0.5, 0.6) is 0 Å². The van der Waals surface area contributed by atoms with E-state index in [2.05, 4.69) is 10.3 Å². The molecule has 0 radical (unpaired) electrons. The molecule has 0 aliphatic carbocycles. The van der Waals surface area contributed by atoms with Gasteiger partial charge >= 0.3 is 0 Å². The van der Waals surface area contributed by atoms with Crippen LogP contribution in [0.2, 0.25) is 0 Å². The van der Waals surface area contributed by atoms with Crippen LogP contribution in [0, 0.1) is 5.92 Å². The van der Waals surface area contributed by atoms with Crippen LogP contribution < -0.4 is 5.32 Å². The molecule has 2 aromatic rings. The predicted molar refractivity (Wildman–Crippen MR) is 63.3 cm³/mol. The standard InChI is InChI=1S/C12H16N2O2/c1-8(2)10(7-15)14-12-13-9-5-3-4-6-11(9)16-12/h3-6,8,10,15H,7H2,1-2H3,(H,13,14). The molecule has 2 N–H and O–H groups in total. The van der Waals surface area contributed by atoms with Crippen molar-refractivity contribution in [2.24, 2.45) is 5.92 Å². The van der Waals surface area contributed by atoms with E-state index in [4.69, 9.17) is 4.42 Å². The number of aromatic nitrogens is 1. The Balaban J connectivity index is 2.20. The third-order valence-electron chi connectivity index (χ3n) is 2.60. The fourth-order valence-electron chi connectivity index (χ4n) is 1.52. The first-order valence-electron chi connectivity index (χ1n) is 5.43. The highest BCUT2D eigenvalue weighted by Gasteiger charge is 2.14. The van der Waals surface area contributed by atoms with Crippen molar-refractivity contribution >= 4 is 17.1 Å². The van der Waals surface area contributed by atoms with Gasteiger partial charge in [0.05, 0.1) is 12.6 Å². The number of benzene rings is 1. The Hall–Kier alpha value is -1.55. The topological polar surface area (TPSA) is 58.3 Å². The maximum Gasteiger partial charge on any atom is 0.295 e. The highest BCUT2D eigenvalue weighted by molar-refractivity contribution is 5.74. The molecule has 0 aliphatic heterocycles.